The first-order valence-corrected chi connectivity index (χ1v) is 10.2. The minimum absolute atomic E-state index is 0.247. The van der Waals surface area contributed by atoms with Gasteiger partial charge in [-0.2, -0.15) is 5.10 Å². The standard InChI is InChI=1S/C22H24ClN3O3/c1-3-29-21(27)22(2,12-15-9-11-28-14-15)19-8-10-24-20-18(13-25-26(19)20)16-4-6-17(23)7-5-16/h4-8,10,13,15H,3,9,11-12,14H2,1-2H3. The van der Waals surface area contributed by atoms with E-state index in [9.17, 15) is 4.79 Å². The number of aromatic nitrogens is 3. The molecular weight excluding hydrogens is 390 g/mol. The summed E-state index contributed by atoms with van der Waals surface area (Å²) in [5, 5.41) is 5.26. The zero-order valence-corrected chi connectivity index (χ0v) is 17.4. The summed E-state index contributed by atoms with van der Waals surface area (Å²) in [6.07, 6.45) is 5.09. The van der Waals surface area contributed by atoms with Gasteiger partial charge in [-0.05, 0) is 56.4 Å². The third-order valence-corrected chi connectivity index (χ3v) is 5.82. The van der Waals surface area contributed by atoms with Gasteiger partial charge in [0.25, 0.3) is 0 Å². The van der Waals surface area contributed by atoms with E-state index in [1.54, 1.807) is 16.9 Å². The second-order valence-corrected chi connectivity index (χ2v) is 8.05. The summed E-state index contributed by atoms with van der Waals surface area (Å²) in [5.41, 5.74) is 2.48. The molecule has 1 aliphatic rings. The molecule has 1 aromatic carbocycles. The highest BCUT2D eigenvalue weighted by Gasteiger charge is 2.42. The van der Waals surface area contributed by atoms with Crippen LogP contribution in [0.3, 0.4) is 0 Å². The van der Waals surface area contributed by atoms with Gasteiger partial charge in [-0.25, -0.2) is 9.50 Å². The highest BCUT2D eigenvalue weighted by atomic mass is 35.5. The number of hydrogen-bond donors (Lipinski definition) is 0. The van der Waals surface area contributed by atoms with Crippen LogP contribution in [0.4, 0.5) is 0 Å². The predicted octanol–water partition coefficient (Wildman–Crippen LogP) is 4.30. The van der Waals surface area contributed by atoms with E-state index in [1.807, 2.05) is 44.2 Å². The van der Waals surface area contributed by atoms with Crippen molar-refractivity contribution in [1.82, 2.24) is 14.6 Å². The molecule has 0 spiro atoms. The molecule has 3 heterocycles. The van der Waals surface area contributed by atoms with Gasteiger partial charge in [0.2, 0.25) is 0 Å². The van der Waals surface area contributed by atoms with E-state index in [4.69, 9.17) is 21.1 Å². The van der Waals surface area contributed by atoms with Crippen molar-refractivity contribution >= 4 is 23.2 Å². The van der Waals surface area contributed by atoms with Crippen molar-refractivity contribution in [2.45, 2.75) is 32.1 Å². The molecule has 0 radical (unpaired) electrons. The fraction of sp³-hybridized carbons (Fsp3) is 0.409. The van der Waals surface area contributed by atoms with Gasteiger partial charge >= 0.3 is 5.97 Å². The van der Waals surface area contributed by atoms with Crippen LogP contribution in [0.5, 0.6) is 0 Å². The molecule has 0 N–H and O–H groups in total. The minimum Gasteiger partial charge on any atom is -0.465 e. The number of rotatable bonds is 6. The Morgan fingerprint density at radius 3 is 2.83 bits per heavy atom. The number of halogens is 1. The van der Waals surface area contributed by atoms with Crippen molar-refractivity contribution in [2.24, 2.45) is 5.92 Å². The molecule has 29 heavy (non-hydrogen) atoms. The fourth-order valence-electron chi connectivity index (χ4n) is 4.05. The van der Waals surface area contributed by atoms with Crippen molar-refractivity contribution in [1.29, 1.82) is 0 Å². The first-order chi connectivity index (χ1) is 14.0. The van der Waals surface area contributed by atoms with E-state index in [0.717, 1.165) is 29.8 Å². The summed E-state index contributed by atoms with van der Waals surface area (Å²) >= 11 is 6.02. The summed E-state index contributed by atoms with van der Waals surface area (Å²) in [6, 6.07) is 9.42. The molecule has 2 atom stereocenters. The molecule has 1 fully saturated rings. The molecule has 0 aliphatic carbocycles. The summed E-state index contributed by atoms with van der Waals surface area (Å²) in [7, 11) is 0. The quantitative estimate of drug-likeness (QED) is 0.564. The van der Waals surface area contributed by atoms with E-state index in [1.165, 1.54) is 0 Å². The molecule has 7 heteroatoms. The van der Waals surface area contributed by atoms with Crippen LogP contribution in [0, 0.1) is 5.92 Å². The SMILES string of the molecule is CCOC(=O)C(C)(CC1CCOC1)c1ccnc2c(-c3ccc(Cl)cc3)cnn12. The summed E-state index contributed by atoms with van der Waals surface area (Å²) < 4.78 is 12.8. The molecule has 0 saturated carbocycles. The van der Waals surface area contributed by atoms with Crippen LogP contribution < -0.4 is 0 Å². The second kappa shape index (κ2) is 8.13. The molecule has 4 rings (SSSR count). The van der Waals surface area contributed by atoms with Gasteiger partial charge in [0, 0.05) is 30.0 Å². The molecule has 152 valence electrons. The lowest BCUT2D eigenvalue weighted by Gasteiger charge is -2.30. The van der Waals surface area contributed by atoms with Gasteiger partial charge < -0.3 is 9.47 Å². The number of nitrogens with zero attached hydrogens (tertiary/aromatic N) is 3. The van der Waals surface area contributed by atoms with Gasteiger partial charge in [0.05, 0.1) is 18.5 Å². The lowest BCUT2D eigenvalue weighted by Crippen LogP contribution is -2.38. The molecule has 2 aromatic heterocycles. The van der Waals surface area contributed by atoms with Crippen molar-refractivity contribution in [3.05, 3.63) is 53.4 Å². The maximum absolute atomic E-state index is 13.1. The Bertz CT molecular complexity index is 1010. The summed E-state index contributed by atoms with van der Waals surface area (Å²) in [6.45, 7) is 5.49. The number of carbonyl (C=O) groups excluding carboxylic acids is 1. The smallest absolute Gasteiger partial charge is 0.317 e. The van der Waals surface area contributed by atoms with Crippen LogP contribution in [-0.2, 0) is 19.7 Å². The predicted molar refractivity (Wildman–Crippen MR) is 111 cm³/mol. The zero-order chi connectivity index (χ0) is 20.4. The normalized spacial score (nSPS) is 18.7. The Kier molecular flexibility index (Phi) is 5.56. The Labute approximate surface area is 174 Å². The molecule has 0 bridgehead atoms. The Balaban J connectivity index is 1.81. The third-order valence-electron chi connectivity index (χ3n) is 5.57. The molecule has 3 aromatic rings. The first-order valence-electron chi connectivity index (χ1n) is 9.87. The van der Waals surface area contributed by atoms with Gasteiger partial charge in [0.15, 0.2) is 5.65 Å². The van der Waals surface area contributed by atoms with E-state index < -0.39 is 5.41 Å². The Morgan fingerprint density at radius 2 is 2.14 bits per heavy atom. The van der Waals surface area contributed by atoms with Gasteiger partial charge in [-0.15, -0.1) is 0 Å². The molecule has 2 unspecified atom stereocenters. The number of benzene rings is 1. The van der Waals surface area contributed by atoms with Crippen LogP contribution in [0.2, 0.25) is 5.02 Å². The fourth-order valence-corrected chi connectivity index (χ4v) is 4.17. The average molecular weight is 414 g/mol. The lowest BCUT2D eigenvalue weighted by atomic mass is 9.77. The molecule has 6 nitrogen and oxygen atoms in total. The highest BCUT2D eigenvalue weighted by Crippen LogP contribution is 2.36. The maximum atomic E-state index is 13.1. The number of fused-ring (bicyclic) bond motifs is 1. The van der Waals surface area contributed by atoms with E-state index in [2.05, 4.69) is 10.1 Å². The third kappa shape index (κ3) is 3.74. The second-order valence-electron chi connectivity index (χ2n) is 7.62. The van der Waals surface area contributed by atoms with E-state index >= 15 is 0 Å². The number of esters is 1. The minimum atomic E-state index is -0.848. The average Bonchev–Trinajstić information content (AvgIpc) is 3.38. The van der Waals surface area contributed by atoms with Gasteiger partial charge in [0.1, 0.15) is 5.41 Å². The zero-order valence-electron chi connectivity index (χ0n) is 16.6. The topological polar surface area (TPSA) is 65.7 Å². The largest absolute Gasteiger partial charge is 0.465 e. The number of hydrogen-bond acceptors (Lipinski definition) is 5. The van der Waals surface area contributed by atoms with Crippen molar-refractivity contribution in [3.8, 4) is 11.1 Å². The summed E-state index contributed by atoms with van der Waals surface area (Å²) in [4.78, 5) is 17.6. The maximum Gasteiger partial charge on any atom is 0.317 e. The summed E-state index contributed by atoms with van der Waals surface area (Å²) in [5.74, 6) is 0.0573. The van der Waals surface area contributed by atoms with Crippen molar-refractivity contribution < 1.29 is 14.3 Å². The van der Waals surface area contributed by atoms with E-state index in [-0.39, 0.29) is 5.97 Å². The Morgan fingerprint density at radius 1 is 1.34 bits per heavy atom. The van der Waals surface area contributed by atoms with E-state index in [0.29, 0.717) is 36.2 Å². The van der Waals surface area contributed by atoms with Crippen LogP contribution in [0.15, 0.2) is 42.7 Å². The highest BCUT2D eigenvalue weighted by molar-refractivity contribution is 6.30. The first kappa shape index (κ1) is 19.9. The van der Waals surface area contributed by atoms with Crippen LogP contribution in [0.25, 0.3) is 16.8 Å². The Hall–Kier alpha value is -2.44. The monoisotopic (exact) mass is 413 g/mol. The number of carbonyl (C=O) groups is 1. The van der Waals surface area contributed by atoms with Crippen molar-refractivity contribution in [2.75, 3.05) is 19.8 Å². The van der Waals surface area contributed by atoms with Crippen LogP contribution >= 0.6 is 11.6 Å². The van der Waals surface area contributed by atoms with Crippen LogP contribution in [-0.4, -0.2) is 40.4 Å². The molecule has 0 amide bonds. The van der Waals surface area contributed by atoms with Gasteiger partial charge in [-0.1, -0.05) is 23.7 Å². The molecular formula is C22H24ClN3O3. The van der Waals surface area contributed by atoms with Crippen LogP contribution in [0.1, 0.15) is 32.4 Å². The lowest BCUT2D eigenvalue weighted by molar-refractivity contribution is -0.150. The van der Waals surface area contributed by atoms with Gasteiger partial charge in [-0.3, -0.25) is 4.79 Å². The molecule has 1 aliphatic heterocycles. The molecule has 1 saturated heterocycles. The van der Waals surface area contributed by atoms with Crippen molar-refractivity contribution in [3.63, 3.8) is 0 Å². The number of ether oxygens (including phenoxy) is 2.